The molecule has 0 saturated carbocycles. The molecule has 17 heavy (non-hydrogen) atoms. The van der Waals surface area contributed by atoms with Crippen molar-refractivity contribution < 1.29 is 19.1 Å². The van der Waals surface area contributed by atoms with Crippen molar-refractivity contribution in [2.75, 3.05) is 13.2 Å². The fourth-order valence-corrected chi connectivity index (χ4v) is 1.73. The number of Topliss-reactive ketones (excluding diaryl/α,β-unsaturated/α-hetero) is 1. The van der Waals surface area contributed by atoms with Crippen molar-refractivity contribution in [2.24, 2.45) is 0 Å². The summed E-state index contributed by atoms with van der Waals surface area (Å²) in [5.74, 6) is -0.131. The van der Waals surface area contributed by atoms with E-state index in [0.29, 0.717) is 17.9 Å². The van der Waals surface area contributed by atoms with Crippen LogP contribution in [-0.4, -0.2) is 25.0 Å². The van der Waals surface area contributed by atoms with E-state index in [9.17, 15) is 9.59 Å². The van der Waals surface area contributed by atoms with Crippen LogP contribution in [0.1, 0.15) is 24.2 Å². The van der Waals surface area contributed by atoms with Crippen LogP contribution in [0.3, 0.4) is 0 Å². The van der Waals surface area contributed by atoms with Gasteiger partial charge in [-0.2, -0.15) is 0 Å². The van der Waals surface area contributed by atoms with Gasteiger partial charge in [0, 0.05) is 3.57 Å². The number of hydrogen-bond donors (Lipinski definition) is 0. The SMILES string of the molecule is CCOC(=O)COc1ccc(I)cc1C(C)=O. The second-order valence-electron chi connectivity index (χ2n) is 3.29. The fourth-order valence-electron chi connectivity index (χ4n) is 1.24. The molecule has 0 heterocycles. The van der Waals surface area contributed by atoms with Crippen molar-refractivity contribution in [1.82, 2.24) is 0 Å². The van der Waals surface area contributed by atoms with E-state index in [0.717, 1.165) is 3.57 Å². The van der Waals surface area contributed by atoms with Crippen LogP contribution in [0.5, 0.6) is 5.75 Å². The second-order valence-corrected chi connectivity index (χ2v) is 4.54. The molecule has 0 fully saturated rings. The molecule has 0 aromatic heterocycles. The lowest BCUT2D eigenvalue weighted by Crippen LogP contribution is -2.15. The molecule has 0 N–H and O–H groups in total. The molecule has 0 bridgehead atoms. The average molecular weight is 348 g/mol. The Kier molecular flexibility index (Phi) is 5.40. The maximum absolute atomic E-state index is 11.4. The van der Waals surface area contributed by atoms with Crippen molar-refractivity contribution in [2.45, 2.75) is 13.8 Å². The van der Waals surface area contributed by atoms with Crippen molar-refractivity contribution in [3.8, 4) is 5.75 Å². The molecule has 5 heteroatoms. The zero-order chi connectivity index (χ0) is 12.8. The molecular formula is C12H13IO4. The zero-order valence-electron chi connectivity index (χ0n) is 9.66. The third-order valence-electron chi connectivity index (χ3n) is 1.97. The molecule has 4 nitrogen and oxygen atoms in total. The first-order valence-corrected chi connectivity index (χ1v) is 6.21. The number of ketones is 1. The standard InChI is InChI=1S/C12H13IO4/c1-3-16-12(15)7-17-11-5-4-9(13)6-10(11)8(2)14/h4-6H,3,7H2,1-2H3. The minimum atomic E-state index is -0.444. The summed E-state index contributed by atoms with van der Waals surface area (Å²) in [4.78, 5) is 22.5. The summed E-state index contributed by atoms with van der Waals surface area (Å²) < 4.78 is 10.9. The minimum absolute atomic E-state index is 0.0950. The Balaban J connectivity index is 2.77. The monoisotopic (exact) mass is 348 g/mol. The third-order valence-corrected chi connectivity index (χ3v) is 2.64. The summed E-state index contributed by atoms with van der Waals surface area (Å²) in [6.07, 6.45) is 0. The maximum Gasteiger partial charge on any atom is 0.344 e. The van der Waals surface area contributed by atoms with Crippen LogP contribution in [0.25, 0.3) is 0 Å². The summed E-state index contributed by atoms with van der Waals surface area (Å²) >= 11 is 2.11. The highest BCUT2D eigenvalue weighted by Gasteiger charge is 2.11. The Hall–Kier alpha value is -1.11. The Morgan fingerprint density at radius 1 is 1.35 bits per heavy atom. The second kappa shape index (κ2) is 6.58. The number of hydrogen-bond acceptors (Lipinski definition) is 4. The molecule has 0 atom stereocenters. The molecule has 1 aromatic carbocycles. The molecule has 0 amide bonds. The molecule has 0 radical (unpaired) electrons. The van der Waals surface area contributed by atoms with Gasteiger partial charge in [-0.1, -0.05) is 0 Å². The number of halogens is 1. The van der Waals surface area contributed by atoms with Gasteiger partial charge in [-0.3, -0.25) is 4.79 Å². The summed E-state index contributed by atoms with van der Waals surface area (Å²) in [6, 6.07) is 5.22. The number of benzene rings is 1. The highest BCUT2D eigenvalue weighted by molar-refractivity contribution is 14.1. The molecule has 0 unspecified atom stereocenters. The predicted octanol–water partition coefficient (Wildman–Crippen LogP) is 2.44. The van der Waals surface area contributed by atoms with Crippen molar-refractivity contribution >= 4 is 34.3 Å². The van der Waals surface area contributed by atoms with Crippen molar-refractivity contribution in [3.05, 3.63) is 27.3 Å². The minimum Gasteiger partial charge on any atom is -0.481 e. The van der Waals surface area contributed by atoms with E-state index >= 15 is 0 Å². The lowest BCUT2D eigenvalue weighted by molar-refractivity contribution is -0.145. The van der Waals surface area contributed by atoms with Gasteiger partial charge in [0.15, 0.2) is 12.4 Å². The van der Waals surface area contributed by atoms with Crippen LogP contribution in [-0.2, 0) is 9.53 Å². The molecule has 0 saturated heterocycles. The highest BCUT2D eigenvalue weighted by atomic mass is 127. The summed E-state index contributed by atoms with van der Waals surface area (Å²) in [5.41, 5.74) is 0.473. The molecule has 1 rings (SSSR count). The Bertz CT molecular complexity index is 429. The summed E-state index contributed by atoms with van der Waals surface area (Å²) in [7, 11) is 0. The average Bonchev–Trinajstić information content (AvgIpc) is 2.27. The van der Waals surface area contributed by atoms with E-state index in [1.807, 2.05) is 6.07 Å². The van der Waals surface area contributed by atoms with Gasteiger partial charge < -0.3 is 9.47 Å². The molecule has 0 aliphatic carbocycles. The number of carbonyl (C=O) groups excluding carboxylic acids is 2. The van der Waals surface area contributed by atoms with Gasteiger partial charge in [0.1, 0.15) is 5.75 Å². The molecule has 0 spiro atoms. The van der Waals surface area contributed by atoms with Gasteiger partial charge >= 0.3 is 5.97 Å². The molecule has 1 aromatic rings. The van der Waals surface area contributed by atoms with Crippen LogP contribution in [0.2, 0.25) is 0 Å². The van der Waals surface area contributed by atoms with Crippen LogP contribution < -0.4 is 4.74 Å². The first kappa shape index (κ1) is 14.0. The van der Waals surface area contributed by atoms with Crippen LogP contribution in [0, 0.1) is 3.57 Å². The maximum atomic E-state index is 11.4. The molecule has 92 valence electrons. The number of rotatable bonds is 5. The Labute approximate surface area is 113 Å². The molecular weight excluding hydrogens is 335 g/mol. The van der Waals surface area contributed by atoms with Gasteiger partial charge in [0.2, 0.25) is 0 Å². The van der Waals surface area contributed by atoms with Gasteiger partial charge in [0.05, 0.1) is 12.2 Å². The number of carbonyl (C=O) groups is 2. The molecule has 0 aliphatic heterocycles. The van der Waals surface area contributed by atoms with E-state index in [-0.39, 0.29) is 12.4 Å². The van der Waals surface area contributed by atoms with Gasteiger partial charge in [-0.05, 0) is 54.6 Å². The van der Waals surface area contributed by atoms with Crippen molar-refractivity contribution in [1.29, 1.82) is 0 Å². The van der Waals surface area contributed by atoms with Crippen molar-refractivity contribution in [3.63, 3.8) is 0 Å². The van der Waals surface area contributed by atoms with Crippen LogP contribution in [0.15, 0.2) is 18.2 Å². The van der Waals surface area contributed by atoms with E-state index in [4.69, 9.17) is 9.47 Å². The Morgan fingerprint density at radius 2 is 2.06 bits per heavy atom. The lowest BCUT2D eigenvalue weighted by Gasteiger charge is -2.09. The van der Waals surface area contributed by atoms with E-state index < -0.39 is 5.97 Å². The summed E-state index contributed by atoms with van der Waals surface area (Å²) in [5, 5.41) is 0. The van der Waals surface area contributed by atoms with Gasteiger partial charge in [0.25, 0.3) is 0 Å². The van der Waals surface area contributed by atoms with Gasteiger partial charge in [-0.15, -0.1) is 0 Å². The third kappa shape index (κ3) is 4.33. The number of esters is 1. The fraction of sp³-hybridized carbons (Fsp3) is 0.333. The van der Waals surface area contributed by atoms with E-state index in [1.54, 1.807) is 19.1 Å². The number of ether oxygens (including phenoxy) is 2. The zero-order valence-corrected chi connectivity index (χ0v) is 11.8. The van der Waals surface area contributed by atoms with E-state index in [2.05, 4.69) is 22.6 Å². The Morgan fingerprint density at radius 3 is 2.65 bits per heavy atom. The summed E-state index contributed by atoms with van der Waals surface area (Å²) in [6.45, 7) is 3.32. The quantitative estimate of drug-likeness (QED) is 0.466. The predicted molar refractivity (Wildman–Crippen MR) is 71.3 cm³/mol. The van der Waals surface area contributed by atoms with Crippen LogP contribution in [0.4, 0.5) is 0 Å². The topological polar surface area (TPSA) is 52.6 Å². The van der Waals surface area contributed by atoms with Gasteiger partial charge in [-0.25, -0.2) is 4.79 Å². The first-order chi connectivity index (χ1) is 8.04. The smallest absolute Gasteiger partial charge is 0.344 e. The highest BCUT2D eigenvalue weighted by Crippen LogP contribution is 2.21. The lowest BCUT2D eigenvalue weighted by atomic mass is 10.1. The normalized spacial score (nSPS) is 9.82. The van der Waals surface area contributed by atoms with Crippen LogP contribution >= 0.6 is 22.6 Å². The van der Waals surface area contributed by atoms with E-state index in [1.165, 1.54) is 6.92 Å². The molecule has 0 aliphatic rings. The first-order valence-electron chi connectivity index (χ1n) is 5.13. The largest absolute Gasteiger partial charge is 0.481 e.